The number of nitrogens with zero attached hydrogens (tertiary/aromatic N) is 3. The summed E-state index contributed by atoms with van der Waals surface area (Å²) < 4.78 is 28.2. The SMILES string of the molecule is Cc1cc(S(=O)(=O)N2CCC[C@@H](N(C)CCc3ccccn3)C2)c(C)cc1Cl. The third kappa shape index (κ3) is 4.74. The first-order valence-electron chi connectivity index (χ1n) is 9.66. The number of aryl methyl sites for hydroxylation is 2. The fourth-order valence-electron chi connectivity index (χ4n) is 3.69. The molecule has 0 radical (unpaired) electrons. The highest BCUT2D eigenvalue weighted by molar-refractivity contribution is 7.89. The van der Waals surface area contributed by atoms with Crippen molar-refractivity contribution in [3.63, 3.8) is 0 Å². The van der Waals surface area contributed by atoms with Crippen LogP contribution in [0, 0.1) is 13.8 Å². The Morgan fingerprint density at radius 3 is 2.75 bits per heavy atom. The van der Waals surface area contributed by atoms with E-state index in [9.17, 15) is 8.42 Å². The molecule has 0 bridgehead atoms. The van der Waals surface area contributed by atoms with Crippen LogP contribution in [-0.2, 0) is 16.4 Å². The lowest BCUT2D eigenvalue weighted by molar-refractivity contribution is 0.164. The van der Waals surface area contributed by atoms with Crippen LogP contribution in [0.5, 0.6) is 0 Å². The molecule has 0 spiro atoms. The molecular formula is C21H28ClN3O2S. The van der Waals surface area contributed by atoms with Crippen molar-refractivity contribution in [1.29, 1.82) is 0 Å². The van der Waals surface area contributed by atoms with E-state index in [1.807, 2.05) is 25.1 Å². The molecule has 3 rings (SSSR count). The molecule has 5 nitrogen and oxygen atoms in total. The van der Waals surface area contributed by atoms with Gasteiger partial charge < -0.3 is 4.90 Å². The van der Waals surface area contributed by atoms with Crippen molar-refractivity contribution in [3.05, 3.63) is 58.4 Å². The van der Waals surface area contributed by atoms with Gasteiger partial charge in [-0.3, -0.25) is 4.98 Å². The second-order valence-electron chi connectivity index (χ2n) is 7.58. The molecule has 1 aromatic carbocycles. The zero-order chi connectivity index (χ0) is 20.3. The van der Waals surface area contributed by atoms with Crippen LogP contribution in [0.4, 0.5) is 0 Å². The predicted molar refractivity (Wildman–Crippen MR) is 113 cm³/mol. The van der Waals surface area contributed by atoms with Gasteiger partial charge in [-0.1, -0.05) is 17.7 Å². The van der Waals surface area contributed by atoms with Crippen LogP contribution in [0.2, 0.25) is 5.02 Å². The number of pyridine rings is 1. The van der Waals surface area contributed by atoms with Gasteiger partial charge in [0.05, 0.1) is 4.90 Å². The number of piperidine rings is 1. The van der Waals surface area contributed by atoms with E-state index in [1.54, 1.807) is 29.6 Å². The Morgan fingerprint density at radius 1 is 1.25 bits per heavy atom. The molecule has 7 heteroatoms. The molecule has 1 aromatic heterocycles. The Bertz CT molecular complexity index is 919. The molecule has 1 fully saturated rings. The van der Waals surface area contributed by atoms with Gasteiger partial charge in [0.2, 0.25) is 10.0 Å². The van der Waals surface area contributed by atoms with E-state index in [1.165, 1.54) is 0 Å². The van der Waals surface area contributed by atoms with Gasteiger partial charge in [-0.05, 0) is 69.1 Å². The molecule has 1 saturated heterocycles. The number of benzene rings is 1. The summed E-state index contributed by atoms with van der Waals surface area (Å²) in [5.41, 5.74) is 2.54. The molecule has 2 heterocycles. The standard InChI is InChI=1S/C21H28ClN3O2S/c1-16-14-21(17(2)13-20(16)22)28(26,27)25-11-6-8-19(15-25)24(3)12-9-18-7-4-5-10-23-18/h4-5,7,10,13-14,19H,6,8-9,11-12,15H2,1-3H3/t19-/m1/s1. The summed E-state index contributed by atoms with van der Waals surface area (Å²) in [6.07, 6.45) is 4.53. The summed E-state index contributed by atoms with van der Waals surface area (Å²) in [5.74, 6) is 0. The molecular weight excluding hydrogens is 394 g/mol. The van der Waals surface area contributed by atoms with E-state index in [2.05, 4.69) is 16.9 Å². The smallest absolute Gasteiger partial charge is 0.243 e. The molecule has 0 amide bonds. The lowest BCUT2D eigenvalue weighted by Crippen LogP contribution is -2.49. The Labute approximate surface area is 173 Å². The number of hydrogen-bond acceptors (Lipinski definition) is 4. The second-order valence-corrected chi connectivity index (χ2v) is 9.89. The highest BCUT2D eigenvalue weighted by Crippen LogP contribution is 2.28. The van der Waals surface area contributed by atoms with Crippen molar-refractivity contribution >= 4 is 21.6 Å². The summed E-state index contributed by atoms with van der Waals surface area (Å²) in [5, 5.41) is 0.599. The topological polar surface area (TPSA) is 53.5 Å². The molecule has 1 aliphatic rings. The van der Waals surface area contributed by atoms with E-state index < -0.39 is 10.0 Å². The molecule has 0 aliphatic carbocycles. The zero-order valence-corrected chi connectivity index (χ0v) is 18.3. The number of rotatable bonds is 6. The molecule has 2 aromatic rings. The lowest BCUT2D eigenvalue weighted by Gasteiger charge is -2.37. The minimum atomic E-state index is -3.53. The lowest BCUT2D eigenvalue weighted by atomic mass is 10.1. The minimum Gasteiger partial charge on any atom is -0.302 e. The Hall–Kier alpha value is -1.47. The molecule has 1 aliphatic heterocycles. The highest BCUT2D eigenvalue weighted by atomic mass is 35.5. The average Bonchev–Trinajstić information content (AvgIpc) is 2.69. The van der Waals surface area contributed by atoms with Gasteiger partial charge in [-0.25, -0.2) is 8.42 Å². The predicted octanol–water partition coefficient (Wildman–Crippen LogP) is 3.68. The van der Waals surface area contributed by atoms with Crippen LogP contribution in [0.25, 0.3) is 0 Å². The first-order chi connectivity index (χ1) is 13.3. The first-order valence-corrected chi connectivity index (χ1v) is 11.5. The van der Waals surface area contributed by atoms with E-state index >= 15 is 0 Å². The van der Waals surface area contributed by atoms with Crippen molar-refractivity contribution in [2.75, 3.05) is 26.7 Å². The number of likely N-dealkylation sites (N-methyl/N-ethyl adjacent to an activating group) is 1. The van der Waals surface area contributed by atoms with Crippen LogP contribution in [0.3, 0.4) is 0 Å². The first kappa shape index (κ1) is 21.2. The molecule has 1 atom stereocenters. The second kappa shape index (κ2) is 8.91. The average molecular weight is 422 g/mol. The summed E-state index contributed by atoms with van der Waals surface area (Å²) in [6.45, 7) is 5.58. The van der Waals surface area contributed by atoms with Crippen molar-refractivity contribution in [1.82, 2.24) is 14.2 Å². The van der Waals surface area contributed by atoms with E-state index in [0.29, 0.717) is 28.6 Å². The molecule has 0 N–H and O–H groups in total. The van der Waals surface area contributed by atoms with Crippen molar-refractivity contribution in [3.8, 4) is 0 Å². The fourth-order valence-corrected chi connectivity index (χ4v) is 5.72. The summed E-state index contributed by atoms with van der Waals surface area (Å²) in [4.78, 5) is 7.00. The molecule has 0 unspecified atom stereocenters. The van der Waals surface area contributed by atoms with Gasteiger partial charge in [-0.15, -0.1) is 0 Å². The maximum atomic E-state index is 13.3. The number of aromatic nitrogens is 1. The monoisotopic (exact) mass is 421 g/mol. The number of halogens is 1. The van der Waals surface area contributed by atoms with Gasteiger partial charge in [0, 0.05) is 49.0 Å². The van der Waals surface area contributed by atoms with E-state index in [-0.39, 0.29) is 6.04 Å². The Kier molecular flexibility index (Phi) is 6.76. The van der Waals surface area contributed by atoms with Gasteiger partial charge >= 0.3 is 0 Å². The normalized spacial score (nSPS) is 18.5. The van der Waals surface area contributed by atoms with E-state index in [0.717, 1.165) is 37.1 Å². The Morgan fingerprint density at radius 2 is 2.04 bits per heavy atom. The highest BCUT2D eigenvalue weighted by Gasteiger charge is 2.32. The molecule has 0 saturated carbocycles. The quantitative estimate of drug-likeness (QED) is 0.713. The fraction of sp³-hybridized carbons (Fsp3) is 0.476. The number of sulfonamides is 1. The third-order valence-electron chi connectivity index (χ3n) is 5.50. The summed E-state index contributed by atoms with van der Waals surface area (Å²) in [7, 11) is -1.46. The van der Waals surface area contributed by atoms with Crippen LogP contribution >= 0.6 is 11.6 Å². The van der Waals surface area contributed by atoms with Crippen molar-refractivity contribution < 1.29 is 8.42 Å². The van der Waals surface area contributed by atoms with E-state index in [4.69, 9.17) is 11.6 Å². The van der Waals surface area contributed by atoms with Gasteiger partial charge in [0.25, 0.3) is 0 Å². The molecule has 28 heavy (non-hydrogen) atoms. The van der Waals surface area contributed by atoms with Crippen molar-refractivity contribution in [2.24, 2.45) is 0 Å². The maximum Gasteiger partial charge on any atom is 0.243 e. The maximum absolute atomic E-state index is 13.3. The minimum absolute atomic E-state index is 0.209. The van der Waals surface area contributed by atoms with Crippen molar-refractivity contribution in [2.45, 2.75) is 44.0 Å². The summed E-state index contributed by atoms with van der Waals surface area (Å²) in [6, 6.07) is 9.58. The van der Waals surface area contributed by atoms with Gasteiger partial charge in [0.1, 0.15) is 0 Å². The van der Waals surface area contributed by atoms with Gasteiger partial charge in [0.15, 0.2) is 0 Å². The number of hydrogen-bond donors (Lipinski definition) is 0. The van der Waals surface area contributed by atoms with Crippen LogP contribution in [0.15, 0.2) is 41.4 Å². The molecule has 152 valence electrons. The third-order valence-corrected chi connectivity index (χ3v) is 7.92. The largest absolute Gasteiger partial charge is 0.302 e. The van der Waals surface area contributed by atoms with Gasteiger partial charge in [-0.2, -0.15) is 4.31 Å². The van der Waals surface area contributed by atoms with Crippen LogP contribution < -0.4 is 0 Å². The summed E-state index contributed by atoms with van der Waals surface area (Å²) >= 11 is 6.15. The van der Waals surface area contributed by atoms with Crippen LogP contribution in [0.1, 0.15) is 29.7 Å². The Balaban J connectivity index is 1.71. The zero-order valence-electron chi connectivity index (χ0n) is 16.7. The van der Waals surface area contributed by atoms with Crippen LogP contribution in [-0.4, -0.2) is 55.3 Å².